The molecule has 0 radical (unpaired) electrons. The average Bonchev–Trinajstić information content (AvgIpc) is 3.17. The summed E-state index contributed by atoms with van der Waals surface area (Å²) in [4.78, 5) is 75.0. The molecule has 0 spiro atoms. The van der Waals surface area contributed by atoms with E-state index >= 15 is 0 Å². The number of esters is 4. The van der Waals surface area contributed by atoms with Crippen LogP contribution in [0.2, 0.25) is 0 Å². The fraction of sp³-hybridized carbons (Fsp3) is 0.421. The van der Waals surface area contributed by atoms with E-state index in [9.17, 15) is 28.8 Å². The van der Waals surface area contributed by atoms with Crippen molar-refractivity contribution in [3.05, 3.63) is 83.3 Å². The molecule has 0 bridgehead atoms. The Bertz CT molecular complexity index is 1710. The number of rotatable bonds is 20. The lowest BCUT2D eigenvalue weighted by molar-refractivity contribution is -0.145. The first-order chi connectivity index (χ1) is 26.4. The van der Waals surface area contributed by atoms with Crippen LogP contribution in [0.1, 0.15) is 58.3 Å². The Labute approximate surface area is 317 Å². The van der Waals surface area contributed by atoms with Crippen molar-refractivity contribution in [3.8, 4) is 23.0 Å². The van der Waals surface area contributed by atoms with E-state index in [2.05, 4.69) is 23.2 Å². The van der Waals surface area contributed by atoms with Crippen molar-refractivity contribution in [2.24, 2.45) is 17.0 Å². The molecule has 0 saturated heterocycles. The van der Waals surface area contributed by atoms with Gasteiger partial charge in [-0.25, -0.2) is 19.2 Å². The third-order valence-corrected chi connectivity index (χ3v) is 7.83. The lowest BCUT2D eigenvalue weighted by atomic mass is 9.82. The minimum atomic E-state index is -0.936. The number of ether oxygens (including phenoxy) is 8. The maximum absolute atomic E-state index is 12.8. The molecule has 2 aromatic carbocycles. The molecular weight excluding hydrogens is 722 g/mol. The first-order valence-electron chi connectivity index (χ1n) is 17.5. The molecule has 1 aliphatic carbocycles. The highest BCUT2D eigenvalue weighted by Gasteiger charge is 2.32. The van der Waals surface area contributed by atoms with E-state index in [1.54, 1.807) is 6.92 Å². The minimum absolute atomic E-state index is 0.0242. The summed E-state index contributed by atoms with van der Waals surface area (Å²) >= 11 is 0. The van der Waals surface area contributed by atoms with Crippen molar-refractivity contribution >= 4 is 36.2 Å². The molecule has 0 aliphatic heterocycles. The van der Waals surface area contributed by atoms with Crippen LogP contribution in [-0.4, -0.2) is 69.2 Å². The molecule has 0 unspecified atom stereocenters. The van der Waals surface area contributed by atoms with E-state index in [4.69, 9.17) is 43.4 Å². The van der Waals surface area contributed by atoms with Gasteiger partial charge in [-0.3, -0.25) is 9.59 Å². The van der Waals surface area contributed by atoms with Gasteiger partial charge in [-0.15, -0.1) is 0 Å². The standard InChI is InChI=1S/C38H43N3O14/c1-25(2)33(42)48-20-4-6-22-50-37(46)54-31-16-12-29(13-17-31)52-35(44)27-8-10-28(11-9-27)36(45)53-30-14-18-32(19-15-30)55-38(47)51-23-7-5-21-49-34(43)26(3)24-40-41-39/h12-19,27-28H,1,3-11,20-24H2,2H3. The monoisotopic (exact) mass is 765 g/mol. The highest BCUT2D eigenvalue weighted by Crippen LogP contribution is 2.32. The van der Waals surface area contributed by atoms with Crippen molar-refractivity contribution < 1.29 is 66.7 Å². The topological polar surface area (TPSA) is 225 Å². The SMILES string of the molecule is C=C(C)C(=O)OCCCCOC(=O)Oc1ccc(OC(=O)C2CCC(C(=O)Oc3ccc(OC(=O)OCCCCOC(=O)C(=C)CN=[N+]=[N-])cc3)CC2)cc1. The molecule has 3 rings (SSSR count). The number of hydrogen-bond donors (Lipinski definition) is 0. The van der Waals surface area contributed by atoms with Gasteiger partial charge >= 0.3 is 36.2 Å². The molecule has 0 aromatic heterocycles. The van der Waals surface area contributed by atoms with Crippen LogP contribution in [-0.2, 0) is 38.1 Å². The van der Waals surface area contributed by atoms with Crippen LogP contribution in [0.15, 0.2) is 77.9 Å². The number of carbonyl (C=O) groups excluding carboxylic acids is 6. The van der Waals surface area contributed by atoms with Gasteiger partial charge in [-0.2, -0.15) is 0 Å². The Morgan fingerprint density at radius 2 is 0.945 bits per heavy atom. The lowest BCUT2D eigenvalue weighted by Crippen LogP contribution is -2.30. The quantitative estimate of drug-likeness (QED) is 0.0151. The van der Waals surface area contributed by atoms with E-state index in [1.807, 2.05) is 0 Å². The third-order valence-electron chi connectivity index (χ3n) is 7.83. The zero-order chi connectivity index (χ0) is 40.0. The predicted octanol–water partition coefficient (Wildman–Crippen LogP) is 7.12. The summed E-state index contributed by atoms with van der Waals surface area (Å²) in [5, 5.41) is 3.23. The van der Waals surface area contributed by atoms with Gasteiger partial charge < -0.3 is 37.9 Å². The summed E-state index contributed by atoms with van der Waals surface area (Å²) in [5.74, 6) is -1.95. The number of unbranched alkanes of at least 4 members (excludes halogenated alkanes) is 2. The molecule has 1 fully saturated rings. The summed E-state index contributed by atoms with van der Waals surface area (Å²) in [6.45, 7) is 8.69. The molecule has 1 aliphatic rings. The van der Waals surface area contributed by atoms with Crippen molar-refractivity contribution in [2.75, 3.05) is 33.0 Å². The first kappa shape index (κ1) is 43.1. The Morgan fingerprint density at radius 3 is 1.31 bits per heavy atom. The van der Waals surface area contributed by atoms with Crippen molar-refractivity contribution in [1.82, 2.24) is 0 Å². The van der Waals surface area contributed by atoms with E-state index in [0.29, 0.717) is 56.9 Å². The second-order valence-electron chi connectivity index (χ2n) is 12.2. The molecular formula is C38H43N3O14. The fourth-order valence-electron chi connectivity index (χ4n) is 4.82. The summed E-state index contributed by atoms with van der Waals surface area (Å²) in [6, 6.07) is 11.7. The second-order valence-corrected chi connectivity index (χ2v) is 12.2. The molecule has 0 amide bonds. The van der Waals surface area contributed by atoms with Gasteiger partial charge in [-0.05, 0) is 112 Å². The molecule has 1 saturated carbocycles. The smallest absolute Gasteiger partial charge is 0.462 e. The Hall–Kier alpha value is -6.35. The van der Waals surface area contributed by atoms with Gasteiger partial charge in [0.1, 0.15) is 23.0 Å². The fourth-order valence-corrected chi connectivity index (χ4v) is 4.82. The van der Waals surface area contributed by atoms with Gasteiger partial charge in [-0.1, -0.05) is 18.3 Å². The van der Waals surface area contributed by atoms with Crippen LogP contribution < -0.4 is 18.9 Å². The van der Waals surface area contributed by atoms with Gasteiger partial charge in [0.25, 0.3) is 0 Å². The predicted molar refractivity (Wildman–Crippen MR) is 192 cm³/mol. The molecule has 0 N–H and O–H groups in total. The average molecular weight is 766 g/mol. The number of carbonyl (C=O) groups is 6. The summed E-state index contributed by atoms with van der Waals surface area (Å²) < 4.78 is 41.2. The van der Waals surface area contributed by atoms with Crippen molar-refractivity contribution in [2.45, 2.75) is 58.3 Å². The van der Waals surface area contributed by atoms with Gasteiger partial charge in [0.15, 0.2) is 0 Å². The maximum Gasteiger partial charge on any atom is 0.513 e. The molecule has 17 heteroatoms. The zero-order valence-electron chi connectivity index (χ0n) is 30.4. The van der Waals surface area contributed by atoms with E-state index in [0.717, 1.165) is 0 Å². The normalized spacial score (nSPS) is 14.5. The van der Waals surface area contributed by atoms with Crippen LogP contribution in [0, 0.1) is 11.8 Å². The van der Waals surface area contributed by atoms with Crippen LogP contribution in [0.5, 0.6) is 23.0 Å². The van der Waals surface area contributed by atoms with Crippen LogP contribution in [0.4, 0.5) is 9.59 Å². The molecule has 0 atom stereocenters. The Balaban J connectivity index is 1.28. The molecule has 2 aromatic rings. The van der Waals surface area contributed by atoms with Crippen LogP contribution in [0.25, 0.3) is 10.4 Å². The highest BCUT2D eigenvalue weighted by atomic mass is 16.7. The summed E-state index contributed by atoms with van der Waals surface area (Å²) in [7, 11) is 0. The number of hydrogen-bond acceptors (Lipinski definition) is 15. The van der Waals surface area contributed by atoms with Gasteiger partial charge in [0, 0.05) is 16.1 Å². The highest BCUT2D eigenvalue weighted by molar-refractivity contribution is 5.88. The minimum Gasteiger partial charge on any atom is -0.462 e. The van der Waals surface area contributed by atoms with Crippen LogP contribution in [0.3, 0.4) is 0 Å². The van der Waals surface area contributed by atoms with Gasteiger partial charge in [0.05, 0.1) is 44.8 Å². The van der Waals surface area contributed by atoms with Crippen molar-refractivity contribution in [1.29, 1.82) is 0 Å². The van der Waals surface area contributed by atoms with E-state index in [-0.39, 0.29) is 61.5 Å². The molecule has 55 heavy (non-hydrogen) atoms. The molecule has 17 nitrogen and oxygen atoms in total. The van der Waals surface area contributed by atoms with E-state index in [1.165, 1.54) is 48.5 Å². The van der Waals surface area contributed by atoms with E-state index < -0.39 is 48.0 Å². The second kappa shape index (κ2) is 23.3. The van der Waals surface area contributed by atoms with Crippen molar-refractivity contribution in [3.63, 3.8) is 0 Å². The third kappa shape index (κ3) is 16.5. The molecule has 0 heterocycles. The maximum atomic E-state index is 12.8. The first-order valence-corrected chi connectivity index (χ1v) is 17.5. The zero-order valence-corrected chi connectivity index (χ0v) is 30.4. The Kier molecular flexibility index (Phi) is 18.3. The summed E-state index contributed by atoms with van der Waals surface area (Å²) in [6.07, 6.45) is 1.65. The number of azide groups is 1. The largest absolute Gasteiger partial charge is 0.513 e. The van der Waals surface area contributed by atoms with Gasteiger partial charge in [0.2, 0.25) is 0 Å². The lowest BCUT2D eigenvalue weighted by Gasteiger charge is -2.25. The number of benzene rings is 2. The number of nitrogens with zero attached hydrogens (tertiary/aromatic N) is 3. The Morgan fingerprint density at radius 1 is 0.600 bits per heavy atom. The van der Waals surface area contributed by atoms with Crippen LogP contribution >= 0.6 is 0 Å². The summed E-state index contributed by atoms with van der Waals surface area (Å²) in [5.41, 5.74) is 8.61. The molecule has 294 valence electrons.